The fourth-order valence-corrected chi connectivity index (χ4v) is 2.07. The molecule has 2 heteroatoms. The maximum atomic E-state index is 4.41. The van der Waals surface area contributed by atoms with Crippen molar-refractivity contribution in [3.63, 3.8) is 0 Å². The third-order valence-electron chi connectivity index (χ3n) is 3.29. The molecule has 1 rings (SSSR count). The molecule has 0 aliphatic heterocycles. The lowest BCUT2D eigenvalue weighted by molar-refractivity contribution is 0.595. The average molecular weight is 260 g/mol. The summed E-state index contributed by atoms with van der Waals surface area (Å²) in [6, 6.07) is 10.1. The monoisotopic (exact) mass is 260 g/mol. The van der Waals surface area contributed by atoms with Gasteiger partial charge in [0.05, 0.1) is 5.69 Å². The number of para-hydroxylation sites is 1. The van der Waals surface area contributed by atoms with Crippen molar-refractivity contribution >= 4 is 11.4 Å². The van der Waals surface area contributed by atoms with Crippen molar-refractivity contribution in [2.45, 2.75) is 65.2 Å². The summed E-state index contributed by atoms with van der Waals surface area (Å²) in [5, 5.41) is 4.41. The minimum absolute atomic E-state index is 1.06. The van der Waals surface area contributed by atoms with Crippen LogP contribution in [0.1, 0.15) is 65.2 Å². The zero-order valence-electron chi connectivity index (χ0n) is 12.5. The summed E-state index contributed by atoms with van der Waals surface area (Å²) in [6.45, 7) is 4.37. The normalized spacial score (nSPS) is 11.6. The Morgan fingerprint density at radius 1 is 0.947 bits per heavy atom. The molecule has 1 N–H and O–H groups in total. The van der Waals surface area contributed by atoms with E-state index in [2.05, 4.69) is 24.4 Å². The second-order valence-corrected chi connectivity index (χ2v) is 5.20. The SMILES string of the molecule is CCCCCCCCC/C(C)=N\Nc1ccccc1. The highest BCUT2D eigenvalue weighted by molar-refractivity contribution is 5.82. The molecule has 0 amide bonds. The van der Waals surface area contributed by atoms with E-state index in [-0.39, 0.29) is 0 Å². The highest BCUT2D eigenvalue weighted by atomic mass is 15.3. The van der Waals surface area contributed by atoms with Gasteiger partial charge in [0.1, 0.15) is 0 Å². The molecule has 106 valence electrons. The predicted molar refractivity (Wildman–Crippen MR) is 85.8 cm³/mol. The van der Waals surface area contributed by atoms with Crippen LogP contribution in [0.25, 0.3) is 0 Å². The van der Waals surface area contributed by atoms with Crippen LogP contribution >= 0.6 is 0 Å². The topological polar surface area (TPSA) is 24.4 Å². The summed E-state index contributed by atoms with van der Waals surface area (Å²) < 4.78 is 0. The minimum Gasteiger partial charge on any atom is -0.279 e. The lowest BCUT2D eigenvalue weighted by Gasteiger charge is -2.03. The zero-order chi connectivity index (χ0) is 13.8. The second-order valence-electron chi connectivity index (χ2n) is 5.20. The van der Waals surface area contributed by atoms with Crippen LogP contribution in [-0.4, -0.2) is 5.71 Å². The number of nitrogens with zero attached hydrogens (tertiary/aromatic N) is 1. The van der Waals surface area contributed by atoms with Crippen LogP contribution < -0.4 is 5.43 Å². The first kappa shape index (κ1) is 15.7. The maximum absolute atomic E-state index is 4.41. The Morgan fingerprint density at radius 3 is 2.26 bits per heavy atom. The fourth-order valence-electron chi connectivity index (χ4n) is 2.07. The van der Waals surface area contributed by atoms with Crippen LogP contribution in [0, 0.1) is 0 Å². The van der Waals surface area contributed by atoms with E-state index in [1.807, 2.05) is 30.3 Å². The molecule has 0 saturated heterocycles. The number of hydrogen-bond acceptors (Lipinski definition) is 2. The van der Waals surface area contributed by atoms with E-state index in [9.17, 15) is 0 Å². The Kier molecular flexibility index (Phi) is 8.78. The van der Waals surface area contributed by atoms with Gasteiger partial charge in [-0.3, -0.25) is 5.43 Å². The molecular weight excluding hydrogens is 232 g/mol. The highest BCUT2D eigenvalue weighted by Gasteiger charge is 1.94. The van der Waals surface area contributed by atoms with Gasteiger partial charge in [-0.2, -0.15) is 5.10 Å². The molecule has 0 fully saturated rings. The van der Waals surface area contributed by atoms with Gasteiger partial charge < -0.3 is 0 Å². The summed E-state index contributed by atoms with van der Waals surface area (Å²) in [5.41, 5.74) is 5.35. The first-order valence-electron chi connectivity index (χ1n) is 7.67. The number of unbranched alkanes of at least 4 members (excludes halogenated alkanes) is 6. The Morgan fingerprint density at radius 2 is 1.58 bits per heavy atom. The van der Waals surface area contributed by atoms with Gasteiger partial charge in [-0.05, 0) is 31.9 Å². The summed E-state index contributed by atoms with van der Waals surface area (Å²) in [5.74, 6) is 0. The molecular formula is C17H28N2. The van der Waals surface area contributed by atoms with E-state index < -0.39 is 0 Å². The lowest BCUT2D eigenvalue weighted by Crippen LogP contribution is -1.97. The smallest absolute Gasteiger partial charge is 0.0561 e. The summed E-state index contributed by atoms with van der Waals surface area (Å²) in [4.78, 5) is 0. The summed E-state index contributed by atoms with van der Waals surface area (Å²) in [6.07, 6.45) is 10.6. The molecule has 1 aromatic carbocycles. The molecule has 0 unspecified atom stereocenters. The van der Waals surface area contributed by atoms with E-state index in [1.54, 1.807) is 0 Å². The van der Waals surface area contributed by atoms with Gasteiger partial charge in [0.2, 0.25) is 0 Å². The van der Waals surface area contributed by atoms with Gasteiger partial charge in [0.25, 0.3) is 0 Å². The third-order valence-corrected chi connectivity index (χ3v) is 3.29. The van der Waals surface area contributed by atoms with Crippen LogP contribution in [0.4, 0.5) is 5.69 Å². The van der Waals surface area contributed by atoms with Crippen molar-refractivity contribution in [3.8, 4) is 0 Å². The number of hydrazone groups is 1. The predicted octanol–water partition coefficient (Wildman–Crippen LogP) is 5.62. The molecule has 19 heavy (non-hydrogen) atoms. The number of benzene rings is 1. The first-order chi connectivity index (χ1) is 9.33. The second kappa shape index (κ2) is 10.6. The molecule has 0 radical (unpaired) electrons. The standard InChI is InChI=1S/C17H28N2/c1-3-4-5-6-7-8-10-13-16(2)18-19-17-14-11-9-12-15-17/h9,11-12,14-15,19H,3-8,10,13H2,1-2H3/b18-16-. The number of rotatable bonds is 10. The van der Waals surface area contributed by atoms with E-state index >= 15 is 0 Å². The maximum Gasteiger partial charge on any atom is 0.0561 e. The Labute approximate surface area is 118 Å². The van der Waals surface area contributed by atoms with Crippen molar-refractivity contribution in [2.24, 2.45) is 5.10 Å². The third kappa shape index (κ3) is 8.41. The first-order valence-corrected chi connectivity index (χ1v) is 7.67. The van der Waals surface area contributed by atoms with Gasteiger partial charge in [-0.1, -0.05) is 63.6 Å². The Balaban J connectivity index is 2.05. The number of nitrogens with one attached hydrogen (secondary N) is 1. The minimum atomic E-state index is 1.06. The molecule has 0 spiro atoms. The molecule has 2 nitrogen and oxygen atoms in total. The average Bonchev–Trinajstić information content (AvgIpc) is 2.45. The Bertz CT molecular complexity index is 344. The zero-order valence-corrected chi connectivity index (χ0v) is 12.5. The van der Waals surface area contributed by atoms with E-state index in [0.29, 0.717) is 0 Å². The van der Waals surface area contributed by atoms with Crippen molar-refractivity contribution in [2.75, 3.05) is 5.43 Å². The molecule has 1 aromatic rings. The number of hydrogen-bond donors (Lipinski definition) is 1. The van der Waals surface area contributed by atoms with E-state index in [4.69, 9.17) is 0 Å². The lowest BCUT2D eigenvalue weighted by atomic mass is 10.1. The highest BCUT2D eigenvalue weighted by Crippen LogP contribution is 2.09. The molecule has 0 saturated carbocycles. The van der Waals surface area contributed by atoms with Crippen molar-refractivity contribution in [1.29, 1.82) is 0 Å². The number of anilines is 1. The van der Waals surface area contributed by atoms with Gasteiger partial charge >= 0.3 is 0 Å². The Hall–Kier alpha value is -1.31. The molecule has 0 bridgehead atoms. The largest absolute Gasteiger partial charge is 0.279 e. The fraction of sp³-hybridized carbons (Fsp3) is 0.588. The van der Waals surface area contributed by atoms with Gasteiger partial charge in [-0.25, -0.2) is 0 Å². The van der Waals surface area contributed by atoms with Gasteiger partial charge in [0.15, 0.2) is 0 Å². The van der Waals surface area contributed by atoms with E-state index in [1.165, 1.54) is 50.7 Å². The van der Waals surface area contributed by atoms with Crippen molar-refractivity contribution in [3.05, 3.63) is 30.3 Å². The van der Waals surface area contributed by atoms with E-state index in [0.717, 1.165) is 12.1 Å². The van der Waals surface area contributed by atoms with Crippen molar-refractivity contribution in [1.82, 2.24) is 0 Å². The molecule has 0 aliphatic carbocycles. The molecule has 0 aromatic heterocycles. The van der Waals surface area contributed by atoms with Gasteiger partial charge in [0, 0.05) is 5.71 Å². The van der Waals surface area contributed by atoms with Crippen molar-refractivity contribution < 1.29 is 0 Å². The quantitative estimate of drug-likeness (QED) is 0.330. The van der Waals surface area contributed by atoms with Gasteiger partial charge in [-0.15, -0.1) is 0 Å². The van der Waals surface area contributed by atoms with Crippen LogP contribution in [0.5, 0.6) is 0 Å². The van der Waals surface area contributed by atoms with Crippen LogP contribution in [-0.2, 0) is 0 Å². The molecule has 0 aliphatic rings. The summed E-state index contributed by atoms with van der Waals surface area (Å²) >= 11 is 0. The molecule has 0 atom stereocenters. The van der Waals surface area contributed by atoms with Crippen LogP contribution in [0.15, 0.2) is 35.4 Å². The van der Waals surface area contributed by atoms with Crippen LogP contribution in [0.3, 0.4) is 0 Å². The molecule has 0 heterocycles. The van der Waals surface area contributed by atoms with Crippen LogP contribution in [0.2, 0.25) is 0 Å². The summed E-state index contributed by atoms with van der Waals surface area (Å²) in [7, 11) is 0.